The highest BCUT2D eigenvalue weighted by atomic mass is 16.5. The maximum Gasteiger partial charge on any atom is 0.119 e. The van der Waals surface area contributed by atoms with Crippen molar-refractivity contribution in [1.82, 2.24) is 15.1 Å². The summed E-state index contributed by atoms with van der Waals surface area (Å²) in [5.41, 5.74) is 1.29. The van der Waals surface area contributed by atoms with Crippen molar-refractivity contribution in [2.45, 2.75) is 24.9 Å². The molecule has 3 rings (SSSR count). The Balaban J connectivity index is 1.38. The minimum atomic E-state index is -0.488. The molecular formula is C18H25N3O3. The number of methoxy groups -OCH3 is 1. The number of hydrogen-bond donors (Lipinski definition) is 2. The van der Waals surface area contributed by atoms with Gasteiger partial charge in [0, 0.05) is 12.7 Å². The predicted octanol–water partition coefficient (Wildman–Crippen LogP) is 2.04. The van der Waals surface area contributed by atoms with Gasteiger partial charge in [0.25, 0.3) is 0 Å². The smallest absolute Gasteiger partial charge is 0.119 e. The Hall–Kier alpha value is -2.05. The highest BCUT2D eigenvalue weighted by molar-refractivity contribution is 5.31. The van der Waals surface area contributed by atoms with Crippen LogP contribution in [0.2, 0.25) is 0 Å². The fourth-order valence-corrected chi connectivity index (χ4v) is 3.15. The summed E-state index contributed by atoms with van der Waals surface area (Å²) in [6, 6.07) is 7.40. The van der Waals surface area contributed by atoms with E-state index in [1.165, 1.54) is 5.56 Å². The fourth-order valence-electron chi connectivity index (χ4n) is 3.15. The molecule has 0 saturated carbocycles. The number of aromatic nitrogens is 2. The lowest BCUT2D eigenvalue weighted by Gasteiger charge is -2.32. The molecule has 6 heteroatoms. The Morgan fingerprint density at radius 1 is 1.25 bits per heavy atom. The summed E-state index contributed by atoms with van der Waals surface area (Å²) in [5, 5.41) is 17.1. The molecule has 6 nitrogen and oxygen atoms in total. The lowest BCUT2D eigenvalue weighted by molar-refractivity contribution is 0.0594. The lowest BCUT2D eigenvalue weighted by atomic mass is 9.91. The summed E-state index contributed by atoms with van der Waals surface area (Å²) in [7, 11) is 1.63. The van der Waals surface area contributed by atoms with Crippen LogP contribution < -0.4 is 9.47 Å². The molecule has 0 amide bonds. The van der Waals surface area contributed by atoms with Gasteiger partial charge in [0.1, 0.15) is 24.2 Å². The van der Waals surface area contributed by atoms with Gasteiger partial charge in [0.15, 0.2) is 0 Å². The number of piperidine rings is 1. The number of aliphatic hydroxyl groups is 1. The number of nitrogens with one attached hydrogen (secondary N) is 1. The zero-order chi connectivity index (χ0) is 16.8. The van der Waals surface area contributed by atoms with Crippen LogP contribution in [0.5, 0.6) is 11.5 Å². The van der Waals surface area contributed by atoms with Gasteiger partial charge >= 0.3 is 0 Å². The van der Waals surface area contributed by atoms with Crippen LogP contribution in [0, 0.1) is 0 Å². The van der Waals surface area contributed by atoms with Crippen molar-refractivity contribution >= 4 is 0 Å². The van der Waals surface area contributed by atoms with Crippen LogP contribution in [0.15, 0.2) is 36.7 Å². The van der Waals surface area contributed by atoms with E-state index in [9.17, 15) is 5.11 Å². The normalized spacial score (nSPS) is 17.6. The largest absolute Gasteiger partial charge is 0.497 e. The Morgan fingerprint density at radius 2 is 1.96 bits per heavy atom. The molecule has 0 spiro atoms. The number of aliphatic hydroxyl groups excluding tert-OH is 1. The van der Waals surface area contributed by atoms with E-state index in [2.05, 4.69) is 15.1 Å². The number of hydrogen-bond acceptors (Lipinski definition) is 5. The molecule has 1 fully saturated rings. The first kappa shape index (κ1) is 16.8. The van der Waals surface area contributed by atoms with Gasteiger partial charge in [-0.3, -0.25) is 5.10 Å². The molecule has 0 bridgehead atoms. The maximum absolute atomic E-state index is 10.2. The number of nitrogens with zero attached hydrogens (tertiary/aromatic N) is 2. The first-order valence-corrected chi connectivity index (χ1v) is 8.40. The first-order chi connectivity index (χ1) is 11.7. The monoisotopic (exact) mass is 331 g/mol. The lowest BCUT2D eigenvalue weighted by Crippen LogP contribution is -2.40. The van der Waals surface area contributed by atoms with Crippen molar-refractivity contribution in [2.75, 3.05) is 33.4 Å². The summed E-state index contributed by atoms with van der Waals surface area (Å²) in [5.74, 6) is 2.12. The summed E-state index contributed by atoms with van der Waals surface area (Å²) in [6.45, 7) is 2.94. The van der Waals surface area contributed by atoms with Crippen LogP contribution in [0.1, 0.15) is 24.3 Å². The molecule has 0 aliphatic carbocycles. The number of aromatic amines is 1. The summed E-state index contributed by atoms with van der Waals surface area (Å²) in [4.78, 5) is 2.30. The van der Waals surface area contributed by atoms with Crippen molar-refractivity contribution in [3.05, 3.63) is 42.2 Å². The zero-order valence-electron chi connectivity index (χ0n) is 14.0. The van der Waals surface area contributed by atoms with E-state index < -0.39 is 6.10 Å². The van der Waals surface area contributed by atoms with Crippen LogP contribution in [-0.4, -0.2) is 59.7 Å². The number of benzene rings is 1. The highest BCUT2D eigenvalue weighted by Gasteiger charge is 2.22. The van der Waals surface area contributed by atoms with Gasteiger partial charge in [-0.2, -0.15) is 5.10 Å². The summed E-state index contributed by atoms with van der Waals surface area (Å²) in [6.07, 6.45) is 5.62. The average molecular weight is 331 g/mol. The van der Waals surface area contributed by atoms with E-state index in [-0.39, 0.29) is 0 Å². The molecule has 1 aliphatic rings. The van der Waals surface area contributed by atoms with Crippen molar-refractivity contribution in [1.29, 1.82) is 0 Å². The van der Waals surface area contributed by atoms with E-state index >= 15 is 0 Å². The van der Waals surface area contributed by atoms with Gasteiger partial charge in [0.05, 0.1) is 13.3 Å². The van der Waals surface area contributed by atoms with E-state index in [0.29, 0.717) is 19.1 Å². The van der Waals surface area contributed by atoms with Gasteiger partial charge in [-0.05, 0) is 61.7 Å². The predicted molar refractivity (Wildman–Crippen MR) is 91.5 cm³/mol. The van der Waals surface area contributed by atoms with Crippen molar-refractivity contribution in [2.24, 2.45) is 0 Å². The standard InChI is InChI=1S/C18H25N3O3/c1-23-17-2-4-18(5-3-17)24-13-16(22)12-21-8-6-14(7-9-21)15-10-19-20-11-15/h2-5,10-11,14,16,22H,6-9,12-13H2,1H3,(H,19,20)/t16-/m1/s1. The average Bonchev–Trinajstić information content (AvgIpc) is 3.16. The first-order valence-electron chi connectivity index (χ1n) is 8.40. The molecule has 2 heterocycles. The molecule has 1 aliphatic heterocycles. The van der Waals surface area contributed by atoms with E-state index in [4.69, 9.17) is 9.47 Å². The van der Waals surface area contributed by atoms with Crippen molar-refractivity contribution in [3.8, 4) is 11.5 Å². The third-order valence-corrected chi connectivity index (χ3v) is 4.55. The molecular weight excluding hydrogens is 306 g/mol. The second-order valence-electron chi connectivity index (χ2n) is 6.25. The van der Waals surface area contributed by atoms with Crippen molar-refractivity contribution < 1.29 is 14.6 Å². The molecule has 130 valence electrons. The Kier molecular flexibility index (Phi) is 5.72. The van der Waals surface area contributed by atoms with Crippen LogP contribution >= 0.6 is 0 Å². The number of ether oxygens (including phenoxy) is 2. The van der Waals surface area contributed by atoms with Gasteiger partial charge in [0.2, 0.25) is 0 Å². The SMILES string of the molecule is COc1ccc(OC[C@H](O)CN2CCC(c3cn[nH]c3)CC2)cc1. The number of rotatable bonds is 7. The molecule has 2 N–H and O–H groups in total. The van der Waals surface area contributed by atoms with Gasteiger partial charge in [-0.25, -0.2) is 0 Å². The third-order valence-electron chi connectivity index (χ3n) is 4.55. The molecule has 1 atom stereocenters. The minimum absolute atomic E-state index is 0.300. The fraction of sp³-hybridized carbons (Fsp3) is 0.500. The quantitative estimate of drug-likeness (QED) is 0.812. The van der Waals surface area contributed by atoms with E-state index in [0.717, 1.165) is 37.4 Å². The zero-order valence-corrected chi connectivity index (χ0v) is 14.0. The van der Waals surface area contributed by atoms with Gasteiger partial charge < -0.3 is 19.5 Å². The second-order valence-corrected chi connectivity index (χ2v) is 6.25. The molecule has 1 saturated heterocycles. The summed E-state index contributed by atoms with van der Waals surface area (Å²) < 4.78 is 10.8. The van der Waals surface area contributed by atoms with Gasteiger partial charge in [-0.15, -0.1) is 0 Å². The molecule has 2 aromatic rings. The second kappa shape index (κ2) is 8.17. The summed E-state index contributed by atoms with van der Waals surface area (Å²) >= 11 is 0. The number of likely N-dealkylation sites (tertiary alicyclic amines) is 1. The molecule has 24 heavy (non-hydrogen) atoms. The van der Waals surface area contributed by atoms with Gasteiger partial charge in [-0.1, -0.05) is 0 Å². The Morgan fingerprint density at radius 3 is 2.58 bits per heavy atom. The Bertz CT molecular complexity index is 592. The number of H-pyrrole nitrogens is 1. The van der Waals surface area contributed by atoms with Crippen LogP contribution in [0.25, 0.3) is 0 Å². The Labute approximate surface area is 142 Å². The number of β-amino-alcohol motifs (C(OH)–C–C–N with tert-alkyl or cyclic N) is 1. The highest BCUT2D eigenvalue weighted by Crippen LogP contribution is 2.27. The minimum Gasteiger partial charge on any atom is -0.497 e. The maximum atomic E-state index is 10.2. The van der Waals surface area contributed by atoms with Crippen LogP contribution in [0.3, 0.4) is 0 Å². The van der Waals surface area contributed by atoms with Crippen LogP contribution in [-0.2, 0) is 0 Å². The van der Waals surface area contributed by atoms with Crippen molar-refractivity contribution in [3.63, 3.8) is 0 Å². The third kappa shape index (κ3) is 4.49. The molecule has 0 unspecified atom stereocenters. The van der Waals surface area contributed by atoms with E-state index in [1.807, 2.05) is 36.7 Å². The van der Waals surface area contributed by atoms with E-state index in [1.54, 1.807) is 7.11 Å². The molecule has 1 aromatic heterocycles. The molecule has 1 aromatic carbocycles. The topological polar surface area (TPSA) is 70.6 Å². The molecule has 0 radical (unpaired) electrons. The van der Waals surface area contributed by atoms with Crippen LogP contribution in [0.4, 0.5) is 0 Å².